The standard InChI is InChI=1S/C5H5NO2S/c7-4-8-3-5-1-2-9-6-5/h1-2,4H,3H2. The zero-order chi connectivity index (χ0) is 6.53. The number of hydrogen-bond acceptors (Lipinski definition) is 4. The number of ether oxygens (including phenoxy) is 1. The van der Waals surface area contributed by atoms with Crippen molar-refractivity contribution in [3.63, 3.8) is 0 Å². The van der Waals surface area contributed by atoms with E-state index in [-0.39, 0.29) is 6.61 Å². The molecule has 0 unspecified atom stereocenters. The molecule has 0 spiro atoms. The van der Waals surface area contributed by atoms with Crippen LogP contribution in [0.25, 0.3) is 0 Å². The van der Waals surface area contributed by atoms with E-state index in [1.165, 1.54) is 11.5 Å². The van der Waals surface area contributed by atoms with E-state index in [1.54, 1.807) is 0 Å². The summed E-state index contributed by atoms with van der Waals surface area (Å²) in [6.45, 7) is 0.701. The van der Waals surface area contributed by atoms with Crippen molar-refractivity contribution in [1.82, 2.24) is 4.37 Å². The average Bonchev–Trinajstić information content (AvgIpc) is 2.34. The molecule has 0 N–H and O–H groups in total. The second-order valence-electron chi connectivity index (χ2n) is 1.40. The third-order valence-electron chi connectivity index (χ3n) is 0.791. The van der Waals surface area contributed by atoms with Crippen LogP contribution in [-0.4, -0.2) is 10.8 Å². The lowest BCUT2D eigenvalue weighted by molar-refractivity contribution is -0.129. The van der Waals surface area contributed by atoms with Gasteiger partial charge in [0.1, 0.15) is 6.61 Å². The molecule has 0 fully saturated rings. The van der Waals surface area contributed by atoms with E-state index < -0.39 is 0 Å². The van der Waals surface area contributed by atoms with Gasteiger partial charge in [-0.2, -0.15) is 4.37 Å². The lowest BCUT2D eigenvalue weighted by Crippen LogP contribution is -1.88. The molecule has 3 nitrogen and oxygen atoms in total. The average molecular weight is 143 g/mol. The van der Waals surface area contributed by atoms with Crippen molar-refractivity contribution in [3.05, 3.63) is 17.1 Å². The molecule has 0 amide bonds. The van der Waals surface area contributed by atoms with E-state index in [1.807, 2.05) is 11.4 Å². The second-order valence-corrected chi connectivity index (χ2v) is 2.06. The van der Waals surface area contributed by atoms with Gasteiger partial charge in [-0.1, -0.05) is 0 Å². The molecule has 0 aliphatic carbocycles. The summed E-state index contributed by atoms with van der Waals surface area (Å²) < 4.78 is 8.35. The Morgan fingerprint density at radius 2 is 2.78 bits per heavy atom. The molecule has 1 heterocycles. The van der Waals surface area contributed by atoms with Gasteiger partial charge in [0.2, 0.25) is 0 Å². The van der Waals surface area contributed by atoms with Gasteiger partial charge in [0.15, 0.2) is 0 Å². The minimum Gasteiger partial charge on any atom is -0.461 e. The van der Waals surface area contributed by atoms with Gasteiger partial charge in [0.05, 0.1) is 5.69 Å². The number of carbonyl (C=O) groups is 1. The molecule has 0 aliphatic heterocycles. The molecular formula is C5H5NO2S. The largest absolute Gasteiger partial charge is 0.461 e. The van der Waals surface area contributed by atoms with Gasteiger partial charge in [0, 0.05) is 5.38 Å². The molecule has 0 radical (unpaired) electrons. The Morgan fingerprint density at radius 3 is 3.33 bits per heavy atom. The Balaban J connectivity index is 2.38. The molecule has 0 saturated heterocycles. The summed E-state index contributed by atoms with van der Waals surface area (Å²) in [4.78, 5) is 9.65. The van der Waals surface area contributed by atoms with Crippen LogP contribution >= 0.6 is 11.5 Å². The van der Waals surface area contributed by atoms with Gasteiger partial charge >= 0.3 is 0 Å². The van der Waals surface area contributed by atoms with Crippen molar-refractivity contribution < 1.29 is 9.53 Å². The number of aromatic nitrogens is 1. The number of nitrogens with zero attached hydrogens (tertiary/aromatic N) is 1. The highest BCUT2D eigenvalue weighted by atomic mass is 32.1. The molecule has 0 saturated carbocycles. The van der Waals surface area contributed by atoms with Crippen LogP contribution in [0.5, 0.6) is 0 Å². The Labute approximate surface area is 56.4 Å². The van der Waals surface area contributed by atoms with E-state index in [9.17, 15) is 4.79 Å². The fourth-order valence-electron chi connectivity index (χ4n) is 0.431. The Hall–Kier alpha value is -0.900. The van der Waals surface area contributed by atoms with Gasteiger partial charge in [0.25, 0.3) is 6.47 Å². The molecule has 1 rings (SSSR count). The van der Waals surface area contributed by atoms with Gasteiger partial charge in [-0.25, -0.2) is 0 Å². The zero-order valence-corrected chi connectivity index (χ0v) is 5.43. The highest BCUT2D eigenvalue weighted by molar-refractivity contribution is 7.03. The van der Waals surface area contributed by atoms with Gasteiger partial charge < -0.3 is 4.74 Å². The highest BCUT2D eigenvalue weighted by Gasteiger charge is 1.91. The van der Waals surface area contributed by atoms with Crippen LogP contribution in [-0.2, 0) is 16.1 Å². The highest BCUT2D eigenvalue weighted by Crippen LogP contribution is 1.99. The zero-order valence-electron chi connectivity index (χ0n) is 4.61. The van der Waals surface area contributed by atoms with Crippen LogP contribution in [0, 0.1) is 0 Å². The maximum Gasteiger partial charge on any atom is 0.293 e. The summed E-state index contributed by atoms with van der Waals surface area (Å²) in [7, 11) is 0. The van der Waals surface area contributed by atoms with Crippen LogP contribution in [0.15, 0.2) is 11.4 Å². The normalized spacial score (nSPS) is 8.89. The van der Waals surface area contributed by atoms with Crippen molar-refractivity contribution >= 4 is 18.0 Å². The Bertz CT molecular complexity index is 173. The molecule has 48 valence electrons. The molecule has 0 aliphatic rings. The van der Waals surface area contributed by atoms with Crippen LogP contribution in [0.2, 0.25) is 0 Å². The minimum absolute atomic E-state index is 0.285. The maximum absolute atomic E-state index is 9.65. The second kappa shape index (κ2) is 3.19. The van der Waals surface area contributed by atoms with Gasteiger partial charge in [-0.05, 0) is 17.6 Å². The van der Waals surface area contributed by atoms with E-state index in [0.717, 1.165) is 5.69 Å². The maximum atomic E-state index is 9.65. The van der Waals surface area contributed by atoms with Crippen molar-refractivity contribution in [2.45, 2.75) is 6.61 Å². The lowest BCUT2D eigenvalue weighted by atomic mass is 10.5. The molecule has 0 bridgehead atoms. The summed E-state index contributed by atoms with van der Waals surface area (Å²) in [5.41, 5.74) is 0.798. The minimum atomic E-state index is 0.285. The van der Waals surface area contributed by atoms with Crippen LogP contribution in [0.4, 0.5) is 0 Å². The molecule has 0 aromatic carbocycles. The summed E-state index contributed by atoms with van der Waals surface area (Å²) in [6, 6.07) is 1.81. The summed E-state index contributed by atoms with van der Waals surface area (Å²) in [5.74, 6) is 0. The quantitative estimate of drug-likeness (QED) is 0.588. The van der Waals surface area contributed by atoms with Gasteiger partial charge in [-0.15, -0.1) is 0 Å². The number of carbonyl (C=O) groups excluding carboxylic acids is 1. The Kier molecular flexibility index (Phi) is 2.21. The van der Waals surface area contributed by atoms with Gasteiger partial charge in [-0.3, -0.25) is 4.79 Å². The fourth-order valence-corrected chi connectivity index (χ4v) is 0.959. The topological polar surface area (TPSA) is 39.2 Å². The molecular weight excluding hydrogens is 138 g/mol. The summed E-state index contributed by atoms with van der Waals surface area (Å²) >= 11 is 1.34. The monoisotopic (exact) mass is 143 g/mol. The van der Waals surface area contributed by atoms with Crippen molar-refractivity contribution in [2.24, 2.45) is 0 Å². The SMILES string of the molecule is O=COCc1ccsn1. The first-order valence-corrected chi connectivity index (χ1v) is 3.21. The van der Waals surface area contributed by atoms with E-state index in [0.29, 0.717) is 6.47 Å². The summed E-state index contributed by atoms with van der Waals surface area (Å²) in [5, 5.41) is 1.84. The Morgan fingerprint density at radius 1 is 1.89 bits per heavy atom. The predicted octanol–water partition coefficient (Wildman–Crippen LogP) is 0.816. The fraction of sp³-hybridized carbons (Fsp3) is 0.200. The molecule has 0 atom stereocenters. The molecule has 1 aromatic heterocycles. The van der Waals surface area contributed by atoms with Crippen molar-refractivity contribution in [3.8, 4) is 0 Å². The first kappa shape index (κ1) is 6.22. The van der Waals surface area contributed by atoms with Crippen molar-refractivity contribution in [2.75, 3.05) is 0 Å². The third kappa shape index (κ3) is 1.81. The summed E-state index contributed by atoms with van der Waals surface area (Å²) in [6.07, 6.45) is 0. The van der Waals surface area contributed by atoms with E-state index in [4.69, 9.17) is 0 Å². The van der Waals surface area contributed by atoms with Crippen molar-refractivity contribution in [1.29, 1.82) is 0 Å². The number of hydrogen-bond donors (Lipinski definition) is 0. The van der Waals surface area contributed by atoms with E-state index >= 15 is 0 Å². The smallest absolute Gasteiger partial charge is 0.293 e. The van der Waals surface area contributed by atoms with Crippen LogP contribution in [0.1, 0.15) is 5.69 Å². The molecule has 4 heteroatoms. The lowest BCUT2D eigenvalue weighted by Gasteiger charge is -1.89. The first-order chi connectivity index (χ1) is 4.43. The van der Waals surface area contributed by atoms with E-state index in [2.05, 4.69) is 9.11 Å². The van der Waals surface area contributed by atoms with Crippen LogP contribution < -0.4 is 0 Å². The predicted molar refractivity (Wildman–Crippen MR) is 33.0 cm³/mol. The first-order valence-electron chi connectivity index (χ1n) is 2.38. The molecule has 1 aromatic rings. The van der Waals surface area contributed by atoms with Crippen LogP contribution in [0.3, 0.4) is 0 Å². The number of rotatable bonds is 3. The molecule has 9 heavy (non-hydrogen) atoms. The third-order valence-corrected chi connectivity index (χ3v) is 1.39.